The van der Waals surface area contributed by atoms with Crippen molar-refractivity contribution < 1.29 is 13.2 Å². The number of alkyl halides is 3. The molecule has 2 aromatic heterocycles. The fraction of sp³-hybridized carbons (Fsp3) is 0.360. The number of aromatic nitrogens is 2. The highest BCUT2D eigenvalue weighted by atomic mass is 19.4. The lowest BCUT2D eigenvalue weighted by molar-refractivity contribution is -0.0688. The predicted molar refractivity (Wildman–Crippen MR) is 132 cm³/mol. The second kappa shape index (κ2) is 10.3. The summed E-state index contributed by atoms with van der Waals surface area (Å²) in [7, 11) is 2.09. The summed E-state index contributed by atoms with van der Waals surface area (Å²) in [6.07, 6.45) is -0.931. The highest BCUT2D eigenvalue weighted by molar-refractivity contribution is 6.01. The maximum atomic E-state index is 13.6. The second-order valence-corrected chi connectivity index (χ2v) is 8.52. The first-order valence-corrected chi connectivity index (χ1v) is 11.4. The normalized spacial score (nSPS) is 15.3. The van der Waals surface area contributed by atoms with Gasteiger partial charge in [0.25, 0.3) is 0 Å². The Bertz CT molecular complexity index is 1120. The van der Waals surface area contributed by atoms with Crippen LogP contribution < -0.4 is 16.0 Å². The van der Waals surface area contributed by atoms with Crippen LogP contribution in [0.2, 0.25) is 0 Å². The van der Waals surface area contributed by atoms with Crippen molar-refractivity contribution in [2.75, 3.05) is 49.2 Å². The van der Waals surface area contributed by atoms with E-state index < -0.39 is 11.7 Å². The summed E-state index contributed by atoms with van der Waals surface area (Å²) >= 11 is 0. The minimum atomic E-state index is -4.57. The molecule has 0 spiro atoms. The van der Waals surface area contributed by atoms with Gasteiger partial charge in [-0.15, -0.1) is 0 Å². The first-order chi connectivity index (χ1) is 16.3. The molecule has 0 unspecified atom stereocenters. The summed E-state index contributed by atoms with van der Waals surface area (Å²) in [4.78, 5) is 10.8. The monoisotopic (exact) mass is 470 g/mol. The molecule has 9 heteroatoms. The summed E-state index contributed by atoms with van der Waals surface area (Å²) in [5.41, 5.74) is -0.304. The van der Waals surface area contributed by atoms with Crippen molar-refractivity contribution in [3.63, 3.8) is 0 Å². The number of nitrogens with one attached hydrogen (secondary N) is 3. The molecule has 3 heterocycles. The standard InChI is InChI=1S/C25H29F3N6/c1-17(25(26,27)28)24-19-6-5-7-21(32-18-9-14-34(2)15-10-18)20(19)16-23(33-24)31-13-12-30-22-8-3-4-11-29-22/h3-8,11,16,18,32H,1,9-10,12-15H2,2H3,(H,29,30)(H,31,33). The van der Waals surface area contributed by atoms with E-state index in [-0.39, 0.29) is 11.7 Å². The van der Waals surface area contributed by atoms with Gasteiger partial charge in [-0.2, -0.15) is 13.2 Å². The zero-order valence-electron chi connectivity index (χ0n) is 19.1. The lowest BCUT2D eigenvalue weighted by atomic mass is 10.0. The molecule has 0 atom stereocenters. The van der Waals surface area contributed by atoms with Crippen molar-refractivity contribution in [3.8, 4) is 0 Å². The quantitative estimate of drug-likeness (QED) is 0.392. The molecular weight excluding hydrogens is 441 g/mol. The van der Waals surface area contributed by atoms with E-state index in [2.05, 4.69) is 44.4 Å². The van der Waals surface area contributed by atoms with Gasteiger partial charge in [-0.3, -0.25) is 0 Å². The first-order valence-electron chi connectivity index (χ1n) is 11.4. The zero-order valence-corrected chi connectivity index (χ0v) is 19.1. The first kappa shape index (κ1) is 23.8. The molecule has 3 N–H and O–H groups in total. The molecule has 1 aliphatic heterocycles. The topological polar surface area (TPSA) is 65.1 Å². The molecular formula is C25H29F3N6. The number of fused-ring (bicyclic) bond motifs is 1. The van der Waals surface area contributed by atoms with Gasteiger partial charge in [-0.05, 0) is 57.2 Å². The van der Waals surface area contributed by atoms with Crippen LogP contribution in [0.4, 0.5) is 30.5 Å². The van der Waals surface area contributed by atoms with E-state index in [9.17, 15) is 13.2 Å². The second-order valence-electron chi connectivity index (χ2n) is 8.52. The number of hydrogen-bond acceptors (Lipinski definition) is 6. The molecule has 0 aliphatic carbocycles. The van der Waals surface area contributed by atoms with Crippen molar-refractivity contribution in [2.45, 2.75) is 25.1 Å². The van der Waals surface area contributed by atoms with E-state index in [0.717, 1.165) is 37.4 Å². The number of likely N-dealkylation sites (tertiary alicyclic amines) is 1. The van der Waals surface area contributed by atoms with E-state index in [1.165, 1.54) is 0 Å². The highest BCUT2D eigenvalue weighted by Crippen LogP contribution is 2.38. The summed E-state index contributed by atoms with van der Waals surface area (Å²) in [6.45, 7) is 6.27. The van der Waals surface area contributed by atoms with Gasteiger partial charge in [0.1, 0.15) is 11.6 Å². The third-order valence-electron chi connectivity index (χ3n) is 5.98. The predicted octanol–water partition coefficient (Wildman–Crippen LogP) is 5.24. The Hall–Kier alpha value is -3.33. The van der Waals surface area contributed by atoms with Crippen LogP contribution in [0.3, 0.4) is 0 Å². The van der Waals surface area contributed by atoms with Crippen LogP contribution >= 0.6 is 0 Å². The molecule has 0 bridgehead atoms. The number of anilines is 3. The van der Waals surface area contributed by atoms with Crippen molar-refractivity contribution in [1.29, 1.82) is 0 Å². The molecule has 1 aliphatic rings. The SMILES string of the molecule is C=C(c1nc(NCCNc2ccccn2)cc2c(NC3CCN(C)CC3)cccc12)C(F)(F)F. The van der Waals surface area contributed by atoms with Gasteiger partial charge in [0, 0.05) is 41.8 Å². The number of allylic oxidation sites excluding steroid dienone is 1. The number of pyridine rings is 2. The third kappa shape index (κ3) is 5.77. The number of hydrogen-bond donors (Lipinski definition) is 3. The lowest BCUT2D eigenvalue weighted by Crippen LogP contribution is -2.36. The molecule has 6 nitrogen and oxygen atoms in total. The minimum Gasteiger partial charge on any atom is -0.382 e. The number of rotatable bonds is 8. The molecule has 3 aromatic rings. The van der Waals surface area contributed by atoms with Crippen molar-refractivity contribution in [2.24, 2.45) is 0 Å². The smallest absolute Gasteiger partial charge is 0.382 e. The molecule has 1 fully saturated rings. The Morgan fingerprint density at radius 2 is 1.76 bits per heavy atom. The van der Waals surface area contributed by atoms with Gasteiger partial charge in [-0.1, -0.05) is 24.8 Å². The maximum absolute atomic E-state index is 13.6. The largest absolute Gasteiger partial charge is 0.417 e. The van der Waals surface area contributed by atoms with Crippen LogP contribution in [0.15, 0.2) is 55.2 Å². The Labute approximate surface area is 197 Å². The van der Waals surface area contributed by atoms with Crippen LogP contribution in [0.1, 0.15) is 18.5 Å². The number of piperidine rings is 1. The minimum absolute atomic E-state index is 0.155. The van der Waals surface area contributed by atoms with Crippen molar-refractivity contribution >= 4 is 33.7 Å². The van der Waals surface area contributed by atoms with Crippen LogP contribution in [-0.4, -0.2) is 60.3 Å². The number of nitrogens with zero attached hydrogens (tertiary/aromatic N) is 3. The summed E-state index contributed by atoms with van der Waals surface area (Å²) in [5, 5.41) is 11.0. The fourth-order valence-corrected chi connectivity index (χ4v) is 4.08. The molecule has 0 amide bonds. The van der Waals surface area contributed by atoms with Gasteiger partial charge in [-0.25, -0.2) is 9.97 Å². The molecule has 0 saturated carbocycles. The Kier molecular flexibility index (Phi) is 7.21. The van der Waals surface area contributed by atoms with Crippen LogP contribution in [0, 0.1) is 0 Å². The van der Waals surface area contributed by atoms with E-state index in [0.29, 0.717) is 29.7 Å². The Morgan fingerprint density at radius 3 is 2.44 bits per heavy atom. The van der Waals surface area contributed by atoms with E-state index in [4.69, 9.17) is 0 Å². The van der Waals surface area contributed by atoms with Gasteiger partial charge in [0.15, 0.2) is 0 Å². The molecule has 0 radical (unpaired) electrons. The molecule has 34 heavy (non-hydrogen) atoms. The van der Waals surface area contributed by atoms with Crippen LogP contribution in [-0.2, 0) is 0 Å². The van der Waals surface area contributed by atoms with Gasteiger partial charge in [0.05, 0.1) is 11.3 Å². The average molecular weight is 471 g/mol. The fourth-order valence-electron chi connectivity index (χ4n) is 4.08. The van der Waals surface area contributed by atoms with Crippen LogP contribution in [0.25, 0.3) is 16.3 Å². The summed E-state index contributed by atoms with van der Waals surface area (Å²) < 4.78 is 40.8. The number of halogens is 3. The molecule has 180 valence electrons. The average Bonchev–Trinajstić information content (AvgIpc) is 2.83. The third-order valence-corrected chi connectivity index (χ3v) is 5.98. The van der Waals surface area contributed by atoms with Gasteiger partial charge in [0.2, 0.25) is 0 Å². The molecule has 4 rings (SSSR count). The van der Waals surface area contributed by atoms with Crippen molar-refractivity contribution in [1.82, 2.24) is 14.9 Å². The van der Waals surface area contributed by atoms with Gasteiger partial charge < -0.3 is 20.9 Å². The Balaban J connectivity index is 1.60. The van der Waals surface area contributed by atoms with Crippen LogP contribution in [0.5, 0.6) is 0 Å². The van der Waals surface area contributed by atoms with Gasteiger partial charge >= 0.3 is 6.18 Å². The maximum Gasteiger partial charge on any atom is 0.417 e. The summed E-state index contributed by atoms with van der Waals surface area (Å²) in [6, 6.07) is 13.0. The number of benzene rings is 1. The van der Waals surface area contributed by atoms with E-state index in [1.807, 2.05) is 24.3 Å². The highest BCUT2D eigenvalue weighted by Gasteiger charge is 2.35. The molecule has 1 saturated heterocycles. The van der Waals surface area contributed by atoms with E-state index >= 15 is 0 Å². The zero-order chi connectivity index (χ0) is 24.1. The summed E-state index contributed by atoms with van der Waals surface area (Å²) in [5.74, 6) is 1.10. The van der Waals surface area contributed by atoms with E-state index in [1.54, 1.807) is 24.4 Å². The molecule has 1 aromatic carbocycles. The Morgan fingerprint density at radius 1 is 1.03 bits per heavy atom. The van der Waals surface area contributed by atoms with Crippen molar-refractivity contribution in [3.05, 3.63) is 60.9 Å². The lowest BCUT2D eigenvalue weighted by Gasteiger charge is -2.30.